The fourth-order valence-electron chi connectivity index (χ4n) is 1.76. The lowest BCUT2D eigenvalue weighted by Crippen LogP contribution is -2.00. The van der Waals surface area contributed by atoms with Crippen LogP contribution in [0.15, 0.2) is 54.6 Å². The topological polar surface area (TPSA) is 49.8 Å². The zero-order valence-electron chi connectivity index (χ0n) is 10.2. The first kappa shape index (κ1) is 11.9. The minimum absolute atomic E-state index is 0.513. The summed E-state index contributed by atoms with van der Waals surface area (Å²) in [6.07, 6.45) is 0. The standard InChI is InChI=1S/C16H14N2/c1-12-7-9-14(10-8-12)16(18)15(11-17)13-5-3-2-4-6-13/h2-10H,18H2,1H3/b16-15-. The summed E-state index contributed by atoms with van der Waals surface area (Å²) in [7, 11) is 0. The Balaban J connectivity index is 2.51. The van der Waals surface area contributed by atoms with E-state index >= 15 is 0 Å². The molecule has 88 valence electrons. The Kier molecular flexibility index (Phi) is 3.45. The predicted octanol–water partition coefficient (Wildman–Crippen LogP) is 3.35. The molecule has 2 heteroatoms. The maximum Gasteiger partial charge on any atom is 0.102 e. The third-order valence-electron chi connectivity index (χ3n) is 2.81. The van der Waals surface area contributed by atoms with Gasteiger partial charge in [-0.25, -0.2) is 0 Å². The normalized spacial score (nSPS) is 11.6. The van der Waals surface area contributed by atoms with Gasteiger partial charge in [-0.05, 0) is 18.1 Å². The van der Waals surface area contributed by atoms with Crippen LogP contribution in [0.1, 0.15) is 16.7 Å². The van der Waals surface area contributed by atoms with Crippen molar-refractivity contribution < 1.29 is 0 Å². The molecule has 0 unspecified atom stereocenters. The van der Waals surface area contributed by atoms with E-state index in [1.54, 1.807) is 0 Å². The van der Waals surface area contributed by atoms with E-state index < -0.39 is 0 Å². The molecule has 0 atom stereocenters. The highest BCUT2D eigenvalue weighted by atomic mass is 14.6. The summed E-state index contributed by atoms with van der Waals surface area (Å²) in [6, 6.07) is 19.5. The fourth-order valence-corrected chi connectivity index (χ4v) is 1.76. The summed E-state index contributed by atoms with van der Waals surface area (Å²) in [4.78, 5) is 0. The largest absolute Gasteiger partial charge is 0.397 e. The van der Waals surface area contributed by atoms with Gasteiger partial charge in [0.05, 0.1) is 11.3 Å². The van der Waals surface area contributed by atoms with Crippen LogP contribution in [0.25, 0.3) is 11.3 Å². The van der Waals surface area contributed by atoms with Gasteiger partial charge >= 0.3 is 0 Å². The average Bonchev–Trinajstić information content (AvgIpc) is 2.41. The first-order valence-corrected chi connectivity index (χ1v) is 5.74. The number of nitrogens with zero attached hydrogens (tertiary/aromatic N) is 1. The van der Waals surface area contributed by atoms with Crippen LogP contribution < -0.4 is 5.73 Å². The van der Waals surface area contributed by atoms with Crippen molar-refractivity contribution in [2.75, 3.05) is 0 Å². The highest BCUT2D eigenvalue weighted by Gasteiger charge is 2.07. The van der Waals surface area contributed by atoms with Crippen molar-refractivity contribution >= 4 is 11.3 Å². The van der Waals surface area contributed by atoms with Gasteiger partial charge in [0, 0.05) is 0 Å². The van der Waals surface area contributed by atoms with Crippen molar-refractivity contribution in [1.82, 2.24) is 0 Å². The van der Waals surface area contributed by atoms with Crippen LogP contribution in [-0.2, 0) is 0 Å². The van der Waals surface area contributed by atoms with Crippen molar-refractivity contribution in [2.24, 2.45) is 5.73 Å². The molecule has 2 aromatic rings. The molecule has 0 bridgehead atoms. The van der Waals surface area contributed by atoms with E-state index in [1.807, 2.05) is 61.5 Å². The smallest absolute Gasteiger partial charge is 0.102 e. The molecule has 2 N–H and O–H groups in total. The molecule has 0 fully saturated rings. The molecule has 2 nitrogen and oxygen atoms in total. The summed E-state index contributed by atoms with van der Waals surface area (Å²) in [5.74, 6) is 0. The van der Waals surface area contributed by atoms with E-state index in [1.165, 1.54) is 5.56 Å². The number of hydrogen-bond acceptors (Lipinski definition) is 2. The van der Waals surface area contributed by atoms with Crippen LogP contribution in [0.4, 0.5) is 0 Å². The fraction of sp³-hybridized carbons (Fsp3) is 0.0625. The Morgan fingerprint density at radius 2 is 1.56 bits per heavy atom. The second-order valence-electron chi connectivity index (χ2n) is 4.13. The molecule has 0 spiro atoms. The lowest BCUT2D eigenvalue weighted by atomic mass is 10.0. The SMILES string of the molecule is Cc1ccc(/C(N)=C(\C#N)c2ccccc2)cc1. The third kappa shape index (κ3) is 2.41. The van der Waals surface area contributed by atoms with E-state index in [0.717, 1.165) is 11.1 Å². The Labute approximate surface area is 107 Å². The number of nitriles is 1. The maximum atomic E-state index is 9.28. The molecule has 0 aliphatic rings. The second-order valence-corrected chi connectivity index (χ2v) is 4.13. The zero-order chi connectivity index (χ0) is 13.0. The lowest BCUT2D eigenvalue weighted by Gasteiger charge is -2.06. The summed E-state index contributed by atoms with van der Waals surface area (Å²) in [6.45, 7) is 2.02. The first-order valence-electron chi connectivity index (χ1n) is 5.74. The Hall–Kier alpha value is -2.53. The van der Waals surface area contributed by atoms with Gasteiger partial charge in [-0.15, -0.1) is 0 Å². The molecule has 0 aliphatic heterocycles. The molecule has 18 heavy (non-hydrogen) atoms. The predicted molar refractivity (Wildman–Crippen MR) is 74.2 cm³/mol. The summed E-state index contributed by atoms with van der Waals surface area (Å²) in [5.41, 5.74) is 10.0. The van der Waals surface area contributed by atoms with E-state index in [-0.39, 0.29) is 0 Å². The van der Waals surface area contributed by atoms with E-state index in [4.69, 9.17) is 5.73 Å². The second kappa shape index (κ2) is 5.20. The van der Waals surface area contributed by atoms with Crippen LogP contribution in [0, 0.1) is 18.3 Å². The van der Waals surface area contributed by atoms with Crippen molar-refractivity contribution in [1.29, 1.82) is 5.26 Å². The monoisotopic (exact) mass is 234 g/mol. The van der Waals surface area contributed by atoms with Crippen LogP contribution in [0.5, 0.6) is 0 Å². The number of hydrogen-bond donors (Lipinski definition) is 1. The number of allylic oxidation sites excluding steroid dienone is 1. The van der Waals surface area contributed by atoms with Crippen molar-refractivity contribution in [3.63, 3.8) is 0 Å². The van der Waals surface area contributed by atoms with E-state index in [2.05, 4.69) is 6.07 Å². The quantitative estimate of drug-likeness (QED) is 0.640. The number of benzene rings is 2. The summed E-state index contributed by atoms with van der Waals surface area (Å²) < 4.78 is 0. The maximum absolute atomic E-state index is 9.28. The molecular formula is C16H14N2. The number of nitrogens with two attached hydrogens (primary N) is 1. The molecule has 2 rings (SSSR count). The Morgan fingerprint density at radius 3 is 2.11 bits per heavy atom. The molecule has 2 aromatic carbocycles. The van der Waals surface area contributed by atoms with Gasteiger partial charge in [-0.3, -0.25) is 0 Å². The Morgan fingerprint density at radius 1 is 0.944 bits per heavy atom. The van der Waals surface area contributed by atoms with Crippen molar-refractivity contribution in [3.05, 3.63) is 71.3 Å². The number of aryl methyl sites for hydroxylation is 1. The molecule has 0 radical (unpaired) electrons. The van der Waals surface area contributed by atoms with Crippen molar-refractivity contribution in [3.8, 4) is 6.07 Å². The van der Waals surface area contributed by atoms with Gasteiger partial charge in [-0.1, -0.05) is 60.2 Å². The average molecular weight is 234 g/mol. The summed E-state index contributed by atoms with van der Waals surface area (Å²) >= 11 is 0. The minimum Gasteiger partial charge on any atom is -0.397 e. The van der Waals surface area contributed by atoms with Crippen LogP contribution in [0.2, 0.25) is 0 Å². The number of rotatable bonds is 2. The molecule has 0 saturated carbocycles. The highest BCUT2D eigenvalue weighted by Crippen LogP contribution is 2.22. The third-order valence-corrected chi connectivity index (χ3v) is 2.81. The van der Waals surface area contributed by atoms with Crippen LogP contribution >= 0.6 is 0 Å². The molecule has 0 amide bonds. The molecule has 0 aromatic heterocycles. The van der Waals surface area contributed by atoms with E-state index in [9.17, 15) is 5.26 Å². The highest BCUT2D eigenvalue weighted by molar-refractivity contribution is 5.95. The molecule has 0 saturated heterocycles. The van der Waals surface area contributed by atoms with Gasteiger partial charge in [0.25, 0.3) is 0 Å². The van der Waals surface area contributed by atoms with Gasteiger partial charge in [0.1, 0.15) is 6.07 Å². The van der Waals surface area contributed by atoms with Gasteiger partial charge in [-0.2, -0.15) is 5.26 Å². The molecule has 0 heterocycles. The van der Waals surface area contributed by atoms with Gasteiger partial charge in [0.15, 0.2) is 0 Å². The first-order chi connectivity index (χ1) is 8.72. The Bertz CT molecular complexity index is 602. The molecule has 0 aliphatic carbocycles. The van der Waals surface area contributed by atoms with Gasteiger partial charge in [0.2, 0.25) is 0 Å². The van der Waals surface area contributed by atoms with Crippen LogP contribution in [-0.4, -0.2) is 0 Å². The summed E-state index contributed by atoms with van der Waals surface area (Å²) in [5, 5.41) is 9.28. The van der Waals surface area contributed by atoms with Crippen LogP contribution in [0.3, 0.4) is 0 Å². The minimum atomic E-state index is 0.513. The van der Waals surface area contributed by atoms with Crippen molar-refractivity contribution in [2.45, 2.75) is 6.92 Å². The molecular weight excluding hydrogens is 220 g/mol. The lowest BCUT2D eigenvalue weighted by molar-refractivity contribution is 1.43. The van der Waals surface area contributed by atoms with E-state index in [0.29, 0.717) is 11.3 Å². The zero-order valence-corrected chi connectivity index (χ0v) is 10.2. The van der Waals surface area contributed by atoms with Gasteiger partial charge < -0.3 is 5.73 Å².